The minimum atomic E-state index is -3.97. The predicted octanol–water partition coefficient (Wildman–Crippen LogP) is 5.03. The Kier molecular flexibility index (Phi) is 7.03. The fraction of sp³-hybridized carbons (Fsp3) is 0.208. The quantitative estimate of drug-likeness (QED) is 0.542. The lowest BCUT2D eigenvalue weighted by atomic mass is 10.1. The van der Waals surface area contributed by atoms with Gasteiger partial charge in [0.25, 0.3) is 10.0 Å². The van der Waals surface area contributed by atoms with E-state index in [-0.39, 0.29) is 17.5 Å². The molecule has 162 valence electrons. The van der Waals surface area contributed by atoms with Crippen LogP contribution in [0.2, 0.25) is 5.02 Å². The molecule has 0 aliphatic heterocycles. The highest BCUT2D eigenvalue weighted by molar-refractivity contribution is 7.92. The largest absolute Gasteiger partial charge is 0.348 e. The molecule has 0 bridgehead atoms. The number of nitrogens with one attached hydrogen (secondary N) is 1. The maximum absolute atomic E-state index is 13.4. The third-order valence-corrected chi connectivity index (χ3v) is 7.21. The van der Waals surface area contributed by atoms with E-state index in [1.165, 1.54) is 12.1 Å². The van der Waals surface area contributed by atoms with E-state index >= 15 is 0 Å². The number of halogens is 1. The molecule has 1 atom stereocenters. The van der Waals surface area contributed by atoms with E-state index in [9.17, 15) is 13.2 Å². The molecule has 0 aliphatic carbocycles. The molecule has 0 aliphatic rings. The lowest BCUT2D eigenvalue weighted by molar-refractivity contribution is -0.120. The van der Waals surface area contributed by atoms with E-state index in [0.29, 0.717) is 10.7 Å². The second-order valence-electron chi connectivity index (χ2n) is 7.46. The van der Waals surface area contributed by atoms with Gasteiger partial charge in [0.05, 0.1) is 16.6 Å². The van der Waals surface area contributed by atoms with Crippen LogP contribution >= 0.6 is 11.6 Å². The van der Waals surface area contributed by atoms with Crippen molar-refractivity contribution >= 4 is 33.2 Å². The van der Waals surface area contributed by atoms with Crippen molar-refractivity contribution in [2.24, 2.45) is 0 Å². The van der Waals surface area contributed by atoms with Gasteiger partial charge in [-0.3, -0.25) is 9.10 Å². The Morgan fingerprint density at radius 2 is 1.65 bits per heavy atom. The highest BCUT2D eigenvalue weighted by Gasteiger charge is 2.28. The highest BCUT2D eigenvalue weighted by atomic mass is 35.5. The molecule has 5 nitrogen and oxygen atoms in total. The number of carbonyl (C=O) groups is 1. The Hall–Kier alpha value is -2.83. The van der Waals surface area contributed by atoms with Gasteiger partial charge in [-0.15, -0.1) is 0 Å². The molecule has 0 heterocycles. The molecule has 0 saturated carbocycles. The second-order valence-corrected chi connectivity index (χ2v) is 9.73. The van der Waals surface area contributed by atoms with Gasteiger partial charge in [-0.1, -0.05) is 65.7 Å². The van der Waals surface area contributed by atoms with Crippen molar-refractivity contribution in [3.8, 4) is 0 Å². The van der Waals surface area contributed by atoms with Crippen LogP contribution in [0.5, 0.6) is 0 Å². The van der Waals surface area contributed by atoms with Gasteiger partial charge in [0.15, 0.2) is 0 Å². The first-order valence-corrected chi connectivity index (χ1v) is 11.7. The Morgan fingerprint density at radius 3 is 2.26 bits per heavy atom. The number of sulfonamides is 1. The number of hydrogen-bond acceptors (Lipinski definition) is 3. The Balaban J connectivity index is 1.90. The van der Waals surface area contributed by atoms with Crippen LogP contribution in [-0.2, 0) is 14.8 Å². The Labute approximate surface area is 188 Å². The van der Waals surface area contributed by atoms with Gasteiger partial charge in [-0.25, -0.2) is 8.42 Å². The number of aryl methyl sites for hydroxylation is 2. The van der Waals surface area contributed by atoms with Gasteiger partial charge in [0, 0.05) is 5.02 Å². The van der Waals surface area contributed by atoms with Crippen LogP contribution in [0.3, 0.4) is 0 Å². The minimum Gasteiger partial charge on any atom is -0.348 e. The molecule has 7 heteroatoms. The lowest BCUT2D eigenvalue weighted by Crippen LogP contribution is -2.41. The summed E-state index contributed by atoms with van der Waals surface area (Å²) in [6, 6.07) is 20.5. The van der Waals surface area contributed by atoms with Crippen molar-refractivity contribution in [1.82, 2.24) is 5.32 Å². The van der Waals surface area contributed by atoms with Gasteiger partial charge < -0.3 is 5.32 Å². The van der Waals surface area contributed by atoms with Crippen LogP contribution in [-0.4, -0.2) is 20.9 Å². The topological polar surface area (TPSA) is 66.5 Å². The van der Waals surface area contributed by atoms with E-state index in [4.69, 9.17) is 11.6 Å². The average molecular weight is 457 g/mol. The van der Waals surface area contributed by atoms with Gasteiger partial charge in [-0.2, -0.15) is 0 Å². The Bertz CT molecular complexity index is 1160. The van der Waals surface area contributed by atoms with Crippen molar-refractivity contribution in [2.75, 3.05) is 10.8 Å². The predicted molar refractivity (Wildman–Crippen MR) is 125 cm³/mol. The summed E-state index contributed by atoms with van der Waals surface area (Å²) in [6.45, 7) is 5.32. The normalized spacial score (nSPS) is 12.3. The average Bonchev–Trinajstić information content (AvgIpc) is 2.75. The molecule has 0 aromatic heterocycles. The number of anilines is 1. The molecule has 1 amide bonds. The van der Waals surface area contributed by atoms with Crippen LogP contribution in [0.15, 0.2) is 77.7 Å². The molecule has 3 aromatic rings. The first-order valence-electron chi connectivity index (χ1n) is 9.88. The molecule has 1 N–H and O–H groups in total. The van der Waals surface area contributed by atoms with E-state index in [1.54, 1.807) is 36.4 Å². The van der Waals surface area contributed by atoms with Crippen LogP contribution in [0.25, 0.3) is 0 Å². The maximum Gasteiger partial charge on any atom is 0.264 e. The van der Waals surface area contributed by atoms with Crippen LogP contribution < -0.4 is 9.62 Å². The van der Waals surface area contributed by atoms with Crippen molar-refractivity contribution in [2.45, 2.75) is 31.7 Å². The fourth-order valence-corrected chi connectivity index (χ4v) is 4.74. The van der Waals surface area contributed by atoms with E-state index in [1.807, 2.05) is 45.0 Å². The van der Waals surface area contributed by atoms with Crippen molar-refractivity contribution in [1.29, 1.82) is 0 Å². The molecular formula is C24H25ClN2O3S. The minimum absolute atomic E-state index is 0.103. The third kappa shape index (κ3) is 5.46. The summed E-state index contributed by atoms with van der Waals surface area (Å²) in [4.78, 5) is 13.0. The summed E-state index contributed by atoms with van der Waals surface area (Å²) < 4.78 is 27.8. The molecule has 0 fully saturated rings. The summed E-state index contributed by atoms with van der Waals surface area (Å²) in [5, 5.41) is 3.32. The zero-order valence-electron chi connectivity index (χ0n) is 17.7. The zero-order chi connectivity index (χ0) is 22.6. The van der Waals surface area contributed by atoms with Gasteiger partial charge in [-0.05, 0) is 56.2 Å². The number of amides is 1. The molecule has 31 heavy (non-hydrogen) atoms. The van der Waals surface area contributed by atoms with E-state index in [2.05, 4.69) is 5.32 Å². The van der Waals surface area contributed by atoms with Crippen LogP contribution in [0, 0.1) is 13.8 Å². The standard InChI is InChI=1S/C24H25ClN2O3S/c1-17-9-12-20(13-10-17)19(3)26-24(28)16-27(21-14-11-18(2)23(25)15-21)31(29,30)22-7-5-4-6-8-22/h4-15,19H,16H2,1-3H3,(H,26,28). The molecule has 1 unspecified atom stereocenters. The van der Waals surface area contributed by atoms with Crippen molar-refractivity contribution in [3.05, 3.63) is 94.5 Å². The van der Waals surface area contributed by atoms with Gasteiger partial charge in [0.1, 0.15) is 6.54 Å². The van der Waals surface area contributed by atoms with Crippen LogP contribution in [0.1, 0.15) is 29.7 Å². The molecular weight excluding hydrogens is 432 g/mol. The summed E-state index contributed by atoms with van der Waals surface area (Å²) >= 11 is 6.25. The summed E-state index contributed by atoms with van der Waals surface area (Å²) in [5.41, 5.74) is 3.21. The van der Waals surface area contributed by atoms with Gasteiger partial charge in [0.2, 0.25) is 5.91 Å². The monoisotopic (exact) mass is 456 g/mol. The fourth-order valence-electron chi connectivity index (χ4n) is 3.13. The number of hydrogen-bond donors (Lipinski definition) is 1. The third-order valence-electron chi connectivity index (χ3n) is 5.02. The summed E-state index contributed by atoms with van der Waals surface area (Å²) in [5.74, 6) is -0.413. The van der Waals surface area contributed by atoms with Crippen LogP contribution in [0.4, 0.5) is 5.69 Å². The Morgan fingerprint density at radius 1 is 1.00 bits per heavy atom. The summed E-state index contributed by atoms with van der Waals surface area (Å²) in [6.07, 6.45) is 0. The molecule has 0 radical (unpaired) electrons. The molecule has 3 aromatic carbocycles. The van der Waals surface area contributed by atoms with Gasteiger partial charge >= 0.3 is 0 Å². The second kappa shape index (κ2) is 9.54. The summed E-state index contributed by atoms with van der Waals surface area (Å²) in [7, 11) is -3.97. The maximum atomic E-state index is 13.4. The smallest absolute Gasteiger partial charge is 0.264 e. The number of rotatable bonds is 7. The number of carbonyl (C=O) groups excluding carboxylic acids is 1. The first kappa shape index (κ1) is 22.8. The van der Waals surface area contributed by atoms with E-state index in [0.717, 1.165) is 21.0 Å². The molecule has 0 saturated heterocycles. The highest BCUT2D eigenvalue weighted by Crippen LogP contribution is 2.28. The van der Waals surface area contributed by atoms with Crippen molar-refractivity contribution in [3.63, 3.8) is 0 Å². The molecule has 3 rings (SSSR count). The molecule has 0 spiro atoms. The number of benzene rings is 3. The SMILES string of the molecule is Cc1ccc(C(C)NC(=O)CN(c2ccc(C)c(Cl)c2)S(=O)(=O)c2ccccc2)cc1. The van der Waals surface area contributed by atoms with Crippen molar-refractivity contribution < 1.29 is 13.2 Å². The van der Waals surface area contributed by atoms with E-state index < -0.39 is 15.9 Å². The lowest BCUT2D eigenvalue weighted by Gasteiger charge is -2.25. The number of nitrogens with zero attached hydrogens (tertiary/aromatic N) is 1. The first-order chi connectivity index (χ1) is 14.7. The zero-order valence-corrected chi connectivity index (χ0v) is 19.2.